The van der Waals surface area contributed by atoms with Crippen molar-refractivity contribution in [2.75, 3.05) is 13.2 Å². The SMILES string of the molecule is CCOB(OCC)c1ccccc1C. The molecule has 0 N–H and O–H groups in total. The zero-order chi connectivity index (χ0) is 10.4. The molecule has 1 aromatic rings. The van der Waals surface area contributed by atoms with Crippen LogP contribution in [0.3, 0.4) is 0 Å². The normalized spacial score (nSPS) is 10.2. The molecule has 0 aromatic heterocycles. The predicted octanol–water partition coefficient (Wildman–Crippen LogP) is 1.76. The lowest BCUT2D eigenvalue weighted by atomic mass is 9.76. The second-order valence-corrected chi connectivity index (χ2v) is 3.10. The fourth-order valence-corrected chi connectivity index (χ4v) is 1.38. The molecule has 1 rings (SSSR count). The Morgan fingerprint density at radius 2 is 1.64 bits per heavy atom. The maximum absolute atomic E-state index is 5.53. The first-order valence-corrected chi connectivity index (χ1v) is 5.08. The Hall–Kier alpha value is -0.795. The van der Waals surface area contributed by atoms with Crippen molar-refractivity contribution in [1.29, 1.82) is 0 Å². The lowest BCUT2D eigenvalue weighted by molar-refractivity contribution is 0.225. The van der Waals surface area contributed by atoms with Crippen LogP contribution < -0.4 is 5.46 Å². The maximum Gasteiger partial charge on any atom is 0.494 e. The van der Waals surface area contributed by atoms with E-state index in [0.29, 0.717) is 13.2 Å². The van der Waals surface area contributed by atoms with Crippen molar-refractivity contribution in [3.63, 3.8) is 0 Å². The topological polar surface area (TPSA) is 18.5 Å². The standard InChI is InChI=1S/C11H17BO2/c1-4-13-12(14-5-2)11-9-7-6-8-10(11)3/h6-9H,4-5H2,1-3H3. The summed E-state index contributed by atoms with van der Waals surface area (Å²) in [4.78, 5) is 0. The van der Waals surface area contributed by atoms with Crippen LogP contribution >= 0.6 is 0 Å². The summed E-state index contributed by atoms with van der Waals surface area (Å²) < 4.78 is 11.1. The second kappa shape index (κ2) is 5.84. The molecule has 2 nitrogen and oxygen atoms in total. The summed E-state index contributed by atoms with van der Waals surface area (Å²) >= 11 is 0. The molecule has 0 spiro atoms. The molecule has 0 bridgehead atoms. The van der Waals surface area contributed by atoms with Crippen LogP contribution in [0.2, 0.25) is 0 Å². The molecule has 1 aromatic carbocycles. The minimum atomic E-state index is -0.216. The Morgan fingerprint density at radius 1 is 1.07 bits per heavy atom. The Bertz CT molecular complexity index is 270. The predicted molar refractivity (Wildman–Crippen MR) is 59.8 cm³/mol. The van der Waals surface area contributed by atoms with Crippen molar-refractivity contribution >= 4 is 12.6 Å². The van der Waals surface area contributed by atoms with Gasteiger partial charge in [0, 0.05) is 13.2 Å². The third kappa shape index (κ3) is 2.86. The van der Waals surface area contributed by atoms with Crippen LogP contribution in [0, 0.1) is 6.92 Å². The van der Waals surface area contributed by atoms with Crippen LogP contribution in [0.15, 0.2) is 24.3 Å². The van der Waals surface area contributed by atoms with E-state index in [2.05, 4.69) is 13.0 Å². The molecular weight excluding hydrogens is 175 g/mol. The van der Waals surface area contributed by atoms with Gasteiger partial charge in [-0.25, -0.2) is 0 Å². The lowest BCUT2D eigenvalue weighted by Gasteiger charge is -2.14. The Labute approximate surface area is 86.4 Å². The average molecular weight is 192 g/mol. The van der Waals surface area contributed by atoms with Gasteiger partial charge in [-0.15, -0.1) is 0 Å². The maximum atomic E-state index is 5.53. The largest absolute Gasteiger partial charge is 0.494 e. The number of rotatable bonds is 5. The van der Waals surface area contributed by atoms with Crippen molar-refractivity contribution in [3.05, 3.63) is 29.8 Å². The highest BCUT2D eigenvalue weighted by Crippen LogP contribution is 1.99. The van der Waals surface area contributed by atoms with Gasteiger partial charge in [0.05, 0.1) is 0 Å². The lowest BCUT2D eigenvalue weighted by Crippen LogP contribution is -2.38. The molecule has 0 unspecified atom stereocenters. The molecule has 0 fully saturated rings. The van der Waals surface area contributed by atoms with Gasteiger partial charge in [-0.05, 0) is 26.2 Å². The highest BCUT2D eigenvalue weighted by atomic mass is 16.6. The smallest absolute Gasteiger partial charge is 0.408 e. The highest BCUT2D eigenvalue weighted by molar-refractivity contribution is 6.61. The molecule has 0 aliphatic heterocycles. The molecule has 0 saturated carbocycles. The first-order valence-electron chi connectivity index (χ1n) is 5.08. The number of hydrogen-bond donors (Lipinski definition) is 0. The zero-order valence-corrected chi connectivity index (χ0v) is 9.12. The first-order chi connectivity index (χ1) is 6.79. The Balaban J connectivity index is 2.81. The first kappa shape index (κ1) is 11.3. The number of hydrogen-bond acceptors (Lipinski definition) is 2. The van der Waals surface area contributed by atoms with Gasteiger partial charge in [0.15, 0.2) is 0 Å². The average Bonchev–Trinajstić information content (AvgIpc) is 2.18. The van der Waals surface area contributed by atoms with Crippen molar-refractivity contribution in [1.82, 2.24) is 0 Å². The van der Waals surface area contributed by atoms with Gasteiger partial charge >= 0.3 is 7.12 Å². The van der Waals surface area contributed by atoms with E-state index in [0.717, 1.165) is 5.46 Å². The van der Waals surface area contributed by atoms with E-state index >= 15 is 0 Å². The summed E-state index contributed by atoms with van der Waals surface area (Å²) in [5, 5.41) is 0. The molecule has 0 aliphatic carbocycles. The molecular formula is C11H17BO2. The summed E-state index contributed by atoms with van der Waals surface area (Å²) in [5.41, 5.74) is 2.33. The molecule has 0 radical (unpaired) electrons. The van der Waals surface area contributed by atoms with Gasteiger partial charge in [0.2, 0.25) is 0 Å². The van der Waals surface area contributed by atoms with E-state index in [1.807, 2.05) is 32.0 Å². The molecule has 76 valence electrons. The van der Waals surface area contributed by atoms with Crippen molar-refractivity contribution in [2.24, 2.45) is 0 Å². The summed E-state index contributed by atoms with van der Waals surface area (Å²) in [7, 11) is -0.216. The third-order valence-electron chi connectivity index (χ3n) is 2.08. The minimum Gasteiger partial charge on any atom is -0.408 e. The summed E-state index contributed by atoms with van der Waals surface area (Å²) in [6, 6.07) is 8.15. The number of aryl methyl sites for hydroxylation is 1. The van der Waals surface area contributed by atoms with Gasteiger partial charge in [0.1, 0.15) is 0 Å². The molecule has 0 atom stereocenters. The molecule has 0 heterocycles. The Kier molecular flexibility index (Phi) is 4.70. The van der Waals surface area contributed by atoms with Crippen LogP contribution in [0.1, 0.15) is 19.4 Å². The Morgan fingerprint density at radius 3 is 2.14 bits per heavy atom. The fraction of sp³-hybridized carbons (Fsp3) is 0.455. The van der Waals surface area contributed by atoms with Crippen LogP contribution in [-0.2, 0) is 9.31 Å². The van der Waals surface area contributed by atoms with Crippen molar-refractivity contribution < 1.29 is 9.31 Å². The molecule has 0 aliphatic rings. The van der Waals surface area contributed by atoms with Gasteiger partial charge in [-0.2, -0.15) is 0 Å². The van der Waals surface area contributed by atoms with Gasteiger partial charge < -0.3 is 9.31 Å². The molecule has 3 heteroatoms. The van der Waals surface area contributed by atoms with E-state index in [4.69, 9.17) is 9.31 Å². The van der Waals surface area contributed by atoms with E-state index < -0.39 is 0 Å². The molecule has 0 amide bonds. The zero-order valence-electron chi connectivity index (χ0n) is 9.12. The van der Waals surface area contributed by atoms with Gasteiger partial charge in [-0.1, -0.05) is 29.8 Å². The van der Waals surface area contributed by atoms with E-state index in [9.17, 15) is 0 Å². The summed E-state index contributed by atoms with van der Waals surface area (Å²) in [6.45, 7) is 7.35. The summed E-state index contributed by atoms with van der Waals surface area (Å²) in [5.74, 6) is 0. The van der Waals surface area contributed by atoms with Crippen molar-refractivity contribution in [3.8, 4) is 0 Å². The van der Waals surface area contributed by atoms with Crippen LogP contribution in [0.4, 0.5) is 0 Å². The monoisotopic (exact) mass is 192 g/mol. The van der Waals surface area contributed by atoms with E-state index in [-0.39, 0.29) is 7.12 Å². The van der Waals surface area contributed by atoms with Gasteiger partial charge in [-0.3, -0.25) is 0 Å². The second-order valence-electron chi connectivity index (χ2n) is 3.10. The quantitative estimate of drug-likeness (QED) is 0.661. The number of benzene rings is 1. The minimum absolute atomic E-state index is 0.216. The molecule has 14 heavy (non-hydrogen) atoms. The van der Waals surface area contributed by atoms with Crippen LogP contribution in [0.5, 0.6) is 0 Å². The van der Waals surface area contributed by atoms with Gasteiger partial charge in [0.25, 0.3) is 0 Å². The van der Waals surface area contributed by atoms with E-state index in [1.165, 1.54) is 5.56 Å². The highest BCUT2D eigenvalue weighted by Gasteiger charge is 2.21. The third-order valence-corrected chi connectivity index (χ3v) is 2.08. The van der Waals surface area contributed by atoms with E-state index in [1.54, 1.807) is 0 Å². The van der Waals surface area contributed by atoms with Crippen LogP contribution in [-0.4, -0.2) is 20.3 Å². The molecule has 0 saturated heterocycles. The fourth-order valence-electron chi connectivity index (χ4n) is 1.38. The van der Waals surface area contributed by atoms with Crippen molar-refractivity contribution in [2.45, 2.75) is 20.8 Å². The van der Waals surface area contributed by atoms with Crippen LogP contribution in [0.25, 0.3) is 0 Å². The summed E-state index contributed by atoms with van der Waals surface area (Å²) in [6.07, 6.45) is 0.